The molecule has 0 bridgehead atoms. The molecule has 0 aliphatic rings. The van der Waals surface area contributed by atoms with Gasteiger partial charge in [0.1, 0.15) is 5.75 Å². The van der Waals surface area contributed by atoms with Crippen LogP contribution in [0.3, 0.4) is 0 Å². The molecule has 0 N–H and O–H groups in total. The molecule has 0 aliphatic carbocycles. The molecule has 0 saturated heterocycles. The van der Waals surface area contributed by atoms with Crippen LogP contribution in [-0.2, 0) is 10.2 Å². The van der Waals surface area contributed by atoms with Crippen molar-refractivity contribution in [2.45, 2.75) is 32.6 Å². The molecule has 0 unspecified atom stereocenters. The monoisotopic (exact) mass is 236 g/mol. The number of esters is 1. The van der Waals surface area contributed by atoms with E-state index in [0.717, 1.165) is 0 Å². The van der Waals surface area contributed by atoms with E-state index in [1.54, 1.807) is 0 Å². The van der Waals surface area contributed by atoms with Crippen molar-refractivity contribution < 1.29 is 9.53 Å². The summed E-state index contributed by atoms with van der Waals surface area (Å²) in [6, 6.07) is 7.56. The molecule has 3 heteroatoms. The van der Waals surface area contributed by atoms with Crippen LogP contribution in [0.2, 0.25) is 0 Å². The SMILES string of the molecule is CC(C)(C)c1ccc(OC(=O)CC=S)cc1. The lowest BCUT2D eigenvalue weighted by Gasteiger charge is -2.18. The summed E-state index contributed by atoms with van der Waals surface area (Å²) in [5, 5.41) is 1.37. The van der Waals surface area contributed by atoms with E-state index in [9.17, 15) is 4.79 Å². The van der Waals surface area contributed by atoms with E-state index in [1.165, 1.54) is 10.9 Å². The minimum atomic E-state index is -0.321. The van der Waals surface area contributed by atoms with Crippen molar-refractivity contribution in [3.05, 3.63) is 29.8 Å². The molecule has 0 aromatic heterocycles. The second-order valence-corrected chi connectivity index (χ2v) is 4.95. The molecule has 2 nitrogen and oxygen atoms in total. The topological polar surface area (TPSA) is 26.3 Å². The Balaban J connectivity index is 2.72. The fraction of sp³-hybridized carbons (Fsp3) is 0.385. The lowest BCUT2D eigenvalue weighted by molar-refractivity contribution is -0.132. The summed E-state index contributed by atoms with van der Waals surface area (Å²) in [7, 11) is 0. The quantitative estimate of drug-likeness (QED) is 0.457. The van der Waals surface area contributed by atoms with Crippen molar-refractivity contribution in [2.75, 3.05) is 0 Å². The highest BCUT2D eigenvalue weighted by molar-refractivity contribution is 7.79. The standard InChI is InChI=1S/C13H16O2S/c1-13(2,3)10-4-6-11(7-5-10)15-12(14)8-9-16/h4-7,9H,8H2,1-3H3. The van der Waals surface area contributed by atoms with Crippen molar-refractivity contribution in [1.29, 1.82) is 0 Å². The average molecular weight is 236 g/mol. The first-order chi connectivity index (χ1) is 7.43. The molecular formula is C13H16O2S. The first-order valence-electron chi connectivity index (χ1n) is 5.18. The third kappa shape index (κ3) is 3.74. The molecule has 0 atom stereocenters. The maximum absolute atomic E-state index is 11.2. The summed E-state index contributed by atoms with van der Waals surface area (Å²) in [5.41, 5.74) is 1.32. The van der Waals surface area contributed by atoms with Crippen LogP contribution < -0.4 is 4.74 Å². The largest absolute Gasteiger partial charge is 0.426 e. The van der Waals surface area contributed by atoms with E-state index in [2.05, 4.69) is 33.0 Å². The van der Waals surface area contributed by atoms with Crippen LogP contribution in [-0.4, -0.2) is 11.3 Å². The van der Waals surface area contributed by atoms with E-state index in [1.807, 2.05) is 24.3 Å². The van der Waals surface area contributed by atoms with Gasteiger partial charge in [-0.3, -0.25) is 4.79 Å². The second-order valence-electron chi connectivity index (χ2n) is 4.62. The number of carbonyl (C=O) groups excluding carboxylic acids is 1. The van der Waals surface area contributed by atoms with Crippen molar-refractivity contribution in [3.8, 4) is 5.75 Å². The van der Waals surface area contributed by atoms with Crippen molar-refractivity contribution >= 4 is 23.6 Å². The lowest BCUT2D eigenvalue weighted by Crippen LogP contribution is -2.11. The van der Waals surface area contributed by atoms with Gasteiger partial charge in [-0.25, -0.2) is 0 Å². The number of thiocarbonyl (C=S) groups is 1. The van der Waals surface area contributed by atoms with Gasteiger partial charge in [0.05, 0.1) is 6.42 Å². The Morgan fingerprint density at radius 3 is 2.31 bits per heavy atom. The van der Waals surface area contributed by atoms with Gasteiger partial charge in [-0.2, -0.15) is 0 Å². The third-order valence-corrected chi connectivity index (χ3v) is 2.37. The zero-order chi connectivity index (χ0) is 12.2. The smallest absolute Gasteiger partial charge is 0.315 e. The summed E-state index contributed by atoms with van der Waals surface area (Å²) >= 11 is 4.59. The molecule has 16 heavy (non-hydrogen) atoms. The molecule has 1 aromatic carbocycles. The van der Waals surface area contributed by atoms with Crippen LogP contribution in [0.25, 0.3) is 0 Å². The zero-order valence-electron chi connectivity index (χ0n) is 9.82. The predicted octanol–water partition coefficient (Wildman–Crippen LogP) is 3.28. The van der Waals surface area contributed by atoms with E-state index in [0.29, 0.717) is 5.75 Å². The van der Waals surface area contributed by atoms with Gasteiger partial charge in [-0.1, -0.05) is 45.1 Å². The molecule has 1 aromatic rings. The average Bonchev–Trinajstić information content (AvgIpc) is 2.17. The molecule has 0 amide bonds. The summed E-state index contributed by atoms with van der Waals surface area (Å²) < 4.78 is 5.09. The van der Waals surface area contributed by atoms with Crippen LogP contribution in [0, 0.1) is 0 Å². The maximum atomic E-state index is 11.2. The van der Waals surface area contributed by atoms with Crippen LogP contribution in [0.1, 0.15) is 32.8 Å². The predicted molar refractivity (Wildman–Crippen MR) is 69.0 cm³/mol. The Bertz CT molecular complexity index is 374. The molecule has 0 saturated carbocycles. The van der Waals surface area contributed by atoms with Crippen LogP contribution in [0.4, 0.5) is 0 Å². The lowest BCUT2D eigenvalue weighted by atomic mass is 9.87. The van der Waals surface area contributed by atoms with Gasteiger partial charge in [-0.15, -0.1) is 0 Å². The normalized spacial score (nSPS) is 10.9. The number of carbonyl (C=O) groups is 1. The highest BCUT2D eigenvalue weighted by Gasteiger charge is 2.13. The highest BCUT2D eigenvalue weighted by atomic mass is 32.1. The van der Waals surface area contributed by atoms with Crippen LogP contribution in [0.15, 0.2) is 24.3 Å². The molecule has 86 valence electrons. The van der Waals surface area contributed by atoms with Crippen molar-refractivity contribution in [3.63, 3.8) is 0 Å². The molecule has 1 rings (SSSR count). The van der Waals surface area contributed by atoms with Gasteiger partial charge in [-0.05, 0) is 28.5 Å². The summed E-state index contributed by atoms with van der Waals surface area (Å²) in [4.78, 5) is 11.2. The Morgan fingerprint density at radius 2 is 1.88 bits per heavy atom. The van der Waals surface area contributed by atoms with Crippen LogP contribution in [0.5, 0.6) is 5.75 Å². The first-order valence-corrected chi connectivity index (χ1v) is 5.65. The summed E-state index contributed by atoms with van der Waals surface area (Å²) in [5.74, 6) is 0.244. The van der Waals surface area contributed by atoms with Crippen LogP contribution >= 0.6 is 12.2 Å². The Morgan fingerprint density at radius 1 is 1.31 bits per heavy atom. The number of rotatable bonds is 3. The van der Waals surface area contributed by atoms with E-state index in [-0.39, 0.29) is 17.8 Å². The number of ether oxygens (including phenoxy) is 1. The molecule has 0 radical (unpaired) electrons. The number of hydrogen-bond acceptors (Lipinski definition) is 3. The van der Waals surface area contributed by atoms with Crippen molar-refractivity contribution in [2.24, 2.45) is 0 Å². The van der Waals surface area contributed by atoms with Gasteiger partial charge in [0.15, 0.2) is 0 Å². The van der Waals surface area contributed by atoms with Gasteiger partial charge in [0, 0.05) is 0 Å². The molecule has 0 spiro atoms. The number of benzene rings is 1. The van der Waals surface area contributed by atoms with Crippen molar-refractivity contribution in [1.82, 2.24) is 0 Å². The molecule has 0 aliphatic heterocycles. The Labute approximate surface area is 102 Å². The fourth-order valence-corrected chi connectivity index (χ4v) is 1.40. The fourth-order valence-electron chi connectivity index (χ4n) is 1.26. The molecular weight excluding hydrogens is 220 g/mol. The maximum Gasteiger partial charge on any atom is 0.315 e. The number of hydrogen-bond donors (Lipinski definition) is 0. The zero-order valence-corrected chi connectivity index (χ0v) is 10.6. The minimum Gasteiger partial charge on any atom is -0.426 e. The molecule has 0 fully saturated rings. The van der Waals surface area contributed by atoms with Gasteiger partial charge in [0.2, 0.25) is 0 Å². The summed E-state index contributed by atoms with van der Waals surface area (Å²) in [6.45, 7) is 6.42. The first kappa shape index (κ1) is 12.8. The Kier molecular flexibility index (Phi) is 4.19. The van der Waals surface area contributed by atoms with Gasteiger partial charge < -0.3 is 4.74 Å². The van der Waals surface area contributed by atoms with E-state index < -0.39 is 0 Å². The molecule has 0 heterocycles. The van der Waals surface area contributed by atoms with Gasteiger partial charge in [0.25, 0.3) is 0 Å². The van der Waals surface area contributed by atoms with E-state index in [4.69, 9.17) is 4.74 Å². The highest BCUT2D eigenvalue weighted by Crippen LogP contribution is 2.24. The van der Waals surface area contributed by atoms with Gasteiger partial charge >= 0.3 is 5.97 Å². The Hall–Kier alpha value is -1.22. The van der Waals surface area contributed by atoms with E-state index >= 15 is 0 Å². The summed E-state index contributed by atoms with van der Waals surface area (Å²) in [6.07, 6.45) is 0.163. The third-order valence-electron chi connectivity index (χ3n) is 2.20. The second kappa shape index (κ2) is 5.21. The minimum absolute atomic E-state index is 0.108.